The molecule has 0 aromatic heterocycles. The summed E-state index contributed by atoms with van der Waals surface area (Å²) in [4.78, 5) is 11.8. The summed E-state index contributed by atoms with van der Waals surface area (Å²) in [6.07, 6.45) is 2.34. The molecule has 1 atom stereocenters. The minimum Gasteiger partial charge on any atom is -0.409 e. The molecule has 1 fully saturated rings. The Labute approximate surface area is 112 Å². The van der Waals surface area contributed by atoms with E-state index in [-0.39, 0.29) is 17.7 Å². The van der Waals surface area contributed by atoms with Gasteiger partial charge in [0, 0.05) is 18.0 Å². The topological polar surface area (TPSA) is 87.7 Å². The van der Waals surface area contributed by atoms with E-state index in [1.807, 2.05) is 19.1 Å². The van der Waals surface area contributed by atoms with E-state index in [9.17, 15) is 4.79 Å². The summed E-state index contributed by atoms with van der Waals surface area (Å²) in [5, 5.41) is 14.4. The van der Waals surface area contributed by atoms with E-state index < -0.39 is 0 Å². The number of nitrogens with two attached hydrogens (primary N) is 1. The molecular formula is C14H19N3O2. The molecule has 1 saturated carbocycles. The normalized spacial score (nSPS) is 17.0. The Morgan fingerprint density at radius 2 is 2.11 bits per heavy atom. The number of hydrogen-bond donors (Lipinski definition) is 3. The summed E-state index contributed by atoms with van der Waals surface area (Å²) in [5.74, 6) is 0.875. The van der Waals surface area contributed by atoms with Crippen molar-refractivity contribution in [3.63, 3.8) is 0 Å². The first kappa shape index (κ1) is 13.4. The predicted octanol–water partition coefficient (Wildman–Crippen LogP) is 1.44. The Balaban J connectivity index is 1.87. The summed E-state index contributed by atoms with van der Waals surface area (Å²) < 4.78 is 0. The summed E-state index contributed by atoms with van der Waals surface area (Å²) in [5.41, 5.74) is 7.12. The lowest BCUT2D eigenvalue weighted by Crippen LogP contribution is -2.29. The fourth-order valence-corrected chi connectivity index (χ4v) is 2.01. The van der Waals surface area contributed by atoms with Gasteiger partial charge in [-0.15, -0.1) is 0 Å². The maximum atomic E-state index is 11.8. The number of benzene rings is 1. The summed E-state index contributed by atoms with van der Waals surface area (Å²) in [7, 11) is 0. The molecule has 5 nitrogen and oxygen atoms in total. The average molecular weight is 261 g/mol. The second kappa shape index (κ2) is 5.73. The van der Waals surface area contributed by atoms with E-state index >= 15 is 0 Å². The van der Waals surface area contributed by atoms with Gasteiger partial charge in [0.15, 0.2) is 5.84 Å². The molecule has 1 aromatic rings. The fourth-order valence-electron chi connectivity index (χ4n) is 2.01. The van der Waals surface area contributed by atoms with E-state index in [4.69, 9.17) is 10.9 Å². The molecule has 1 aliphatic rings. The van der Waals surface area contributed by atoms with Crippen LogP contribution in [0.15, 0.2) is 29.4 Å². The van der Waals surface area contributed by atoms with Crippen molar-refractivity contribution in [1.82, 2.24) is 5.32 Å². The lowest BCUT2D eigenvalue weighted by atomic mass is 10.1. The molecule has 0 heterocycles. The van der Waals surface area contributed by atoms with Crippen LogP contribution in [0.25, 0.3) is 0 Å². The zero-order valence-corrected chi connectivity index (χ0v) is 11.0. The molecule has 1 aromatic carbocycles. The van der Waals surface area contributed by atoms with Crippen molar-refractivity contribution in [3.8, 4) is 0 Å². The molecule has 2 rings (SSSR count). The third-order valence-electron chi connectivity index (χ3n) is 3.57. The standard InChI is InChI=1S/C14H19N3O2/c1-9(11-6-7-11)14(18)16-8-10-2-4-12(5-3-10)13(15)17-19/h2-5,9,11,19H,6-8H2,1H3,(H2,15,17)(H,16,18). The van der Waals surface area contributed by atoms with E-state index in [1.54, 1.807) is 12.1 Å². The van der Waals surface area contributed by atoms with Crippen molar-refractivity contribution in [2.45, 2.75) is 26.3 Å². The lowest BCUT2D eigenvalue weighted by Gasteiger charge is -2.11. The first-order valence-corrected chi connectivity index (χ1v) is 6.46. The van der Waals surface area contributed by atoms with Crippen LogP contribution < -0.4 is 11.1 Å². The van der Waals surface area contributed by atoms with Crippen LogP contribution in [0.4, 0.5) is 0 Å². The van der Waals surface area contributed by atoms with Gasteiger partial charge >= 0.3 is 0 Å². The van der Waals surface area contributed by atoms with Crippen LogP contribution in [-0.4, -0.2) is 17.0 Å². The van der Waals surface area contributed by atoms with Crippen molar-refractivity contribution < 1.29 is 10.0 Å². The van der Waals surface area contributed by atoms with Crippen molar-refractivity contribution in [2.75, 3.05) is 0 Å². The van der Waals surface area contributed by atoms with Crippen LogP contribution in [0, 0.1) is 11.8 Å². The monoisotopic (exact) mass is 261 g/mol. The third kappa shape index (κ3) is 3.47. The molecule has 0 saturated heterocycles. The predicted molar refractivity (Wildman–Crippen MR) is 72.7 cm³/mol. The summed E-state index contributed by atoms with van der Waals surface area (Å²) in [6.45, 7) is 2.49. The maximum absolute atomic E-state index is 11.8. The third-order valence-corrected chi connectivity index (χ3v) is 3.57. The van der Waals surface area contributed by atoms with Crippen molar-refractivity contribution >= 4 is 11.7 Å². The molecule has 0 radical (unpaired) electrons. The Morgan fingerprint density at radius 1 is 1.47 bits per heavy atom. The quantitative estimate of drug-likeness (QED) is 0.324. The minimum atomic E-state index is 0.0814. The second-order valence-electron chi connectivity index (χ2n) is 5.03. The molecule has 1 amide bonds. The first-order chi connectivity index (χ1) is 9.11. The summed E-state index contributed by atoms with van der Waals surface area (Å²) in [6, 6.07) is 7.24. The van der Waals surface area contributed by atoms with E-state index in [1.165, 1.54) is 12.8 Å². The van der Waals surface area contributed by atoms with Crippen LogP contribution in [0.1, 0.15) is 30.9 Å². The van der Waals surface area contributed by atoms with Gasteiger partial charge in [-0.1, -0.05) is 36.3 Å². The van der Waals surface area contributed by atoms with Gasteiger partial charge in [0.25, 0.3) is 0 Å². The molecule has 0 bridgehead atoms. The molecular weight excluding hydrogens is 242 g/mol. The number of nitrogens with one attached hydrogen (secondary N) is 1. The van der Waals surface area contributed by atoms with Crippen LogP contribution in [0.5, 0.6) is 0 Å². The highest BCUT2D eigenvalue weighted by Crippen LogP contribution is 2.36. The summed E-state index contributed by atoms with van der Waals surface area (Å²) >= 11 is 0. The van der Waals surface area contributed by atoms with Gasteiger partial charge in [0.05, 0.1) is 0 Å². The van der Waals surface area contributed by atoms with Gasteiger partial charge in [0.1, 0.15) is 0 Å². The van der Waals surface area contributed by atoms with Gasteiger partial charge in [0.2, 0.25) is 5.91 Å². The smallest absolute Gasteiger partial charge is 0.223 e. The SMILES string of the molecule is CC(C(=O)NCc1ccc(/C(N)=N/O)cc1)C1CC1. The highest BCUT2D eigenvalue weighted by Gasteiger charge is 2.32. The van der Waals surface area contributed by atoms with Crippen LogP contribution in [0.3, 0.4) is 0 Å². The lowest BCUT2D eigenvalue weighted by molar-refractivity contribution is -0.125. The van der Waals surface area contributed by atoms with Crippen LogP contribution >= 0.6 is 0 Å². The Kier molecular flexibility index (Phi) is 4.04. The molecule has 4 N–H and O–H groups in total. The van der Waals surface area contributed by atoms with Crippen molar-refractivity contribution in [1.29, 1.82) is 0 Å². The number of carbonyl (C=O) groups is 1. The van der Waals surface area contributed by atoms with E-state index in [2.05, 4.69) is 10.5 Å². The molecule has 0 aliphatic heterocycles. The molecule has 1 aliphatic carbocycles. The van der Waals surface area contributed by atoms with Gasteiger partial charge in [-0.3, -0.25) is 4.79 Å². The zero-order valence-electron chi connectivity index (χ0n) is 11.0. The Hall–Kier alpha value is -2.04. The Bertz CT molecular complexity index is 478. The zero-order chi connectivity index (χ0) is 13.8. The largest absolute Gasteiger partial charge is 0.409 e. The highest BCUT2D eigenvalue weighted by atomic mass is 16.4. The highest BCUT2D eigenvalue weighted by molar-refractivity contribution is 5.96. The molecule has 102 valence electrons. The van der Waals surface area contributed by atoms with Crippen LogP contribution in [0.2, 0.25) is 0 Å². The number of hydrogen-bond acceptors (Lipinski definition) is 3. The van der Waals surface area contributed by atoms with Gasteiger partial charge in [-0.05, 0) is 24.3 Å². The number of amidine groups is 1. The first-order valence-electron chi connectivity index (χ1n) is 6.46. The molecule has 1 unspecified atom stereocenters. The fraction of sp³-hybridized carbons (Fsp3) is 0.429. The van der Waals surface area contributed by atoms with E-state index in [0.29, 0.717) is 18.0 Å². The number of amides is 1. The number of carbonyl (C=O) groups excluding carboxylic acids is 1. The Morgan fingerprint density at radius 3 is 2.63 bits per heavy atom. The van der Waals surface area contributed by atoms with Gasteiger partial charge < -0.3 is 16.3 Å². The van der Waals surface area contributed by atoms with Gasteiger partial charge in [-0.25, -0.2) is 0 Å². The van der Waals surface area contributed by atoms with Gasteiger partial charge in [-0.2, -0.15) is 0 Å². The van der Waals surface area contributed by atoms with Crippen LogP contribution in [-0.2, 0) is 11.3 Å². The van der Waals surface area contributed by atoms with Crippen molar-refractivity contribution in [3.05, 3.63) is 35.4 Å². The molecule has 19 heavy (non-hydrogen) atoms. The van der Waals surface area contributed by atoms with Crippen molar-refractivity contribution in [2.24, 2.45) is 22.7 Å². The maximum Gasteiger partial charge on any atom is 0.223 e. The molecule has 0 spiro atoms. The number of rotatable bonds is 5. The number of nitrogens with zero attached hydrogens (tertiary/aromatic N) is 1. The minimum absolute atomic E-state index is 0.0814. The van der Waals surface area contributed by atoms with E-state index in [0.717, 1.165) is 5.56 Å². The molecule has 5 heteroatoms. The number of oxime groups is 1. The second-order valence-corrected chi connectivity index (χ2v) is 5.03. The average Bonchev–Trinajstić information content (AvgIpc) is 3.28.